The maximum absolute atomic E-state index is 13.0. The van der Waals surface area contributed by atoms with E-state index in [0.29, 0.717) is 19.0 Å². The highest BCUT2D eigenvalue weighted by Crippen LogP contribution is 2.34. The van der Waals surface area contributed by atoms with Crippen molar-refractivity contribution >= 4 is 9.84 Å². The predicted molar refractivity (Wildman–Crippen MR) is 108 cm³/mol. The lowest BCUT2D eigenvalue weighted by molar-refractivity contribution is 0.225. The van der Waals surface area contributed by atoms with E-state index in [9.17, 15) is 8.42 Å². The predicted octanol–water partition coefficient (Wildman–Crippen LogP) is 3.29. The largest absolute Gasteiger partial charge is 0.318 e. The Balaban J connectivity index is 1.58. The van der Waals surface area contributed by atoms with Gasteiger partial charge in [0.2, 0.25) is 15.0 Å². The van der Waals surface area contributed by atoms with Crippen LogP contribution in [-0.2, 0) is 22.9 Å². The fraction of sp³-hybridized carbons (Fsp3) is 0.750. The Morgan fingerprint density at radius 2 is 2.03 bits per heavy atom. The average Bonchev–Trinajstić information content (AvgIpc) is 3.37. The molecule has 9 heteroatoms. The van der Waals surface area contributed by atoms with Gasteiger partial charge in [-0.3, -0.25) is 4.90 Å². The summed E-state index contributed by atoms with van der Waals surface area (Å²) in [7, 11) is -3.36. The van der Waals surface area contributed by atoms with Crippen molar-refractivity contribution in [1.29, 1.82) is 0 Å². The van der Waals surface area contributed by atoms with Crippen molar-refractivity contribution < 1.29 is 13.0 Å². The van der Waals surface area contributed by atoms with Gasteiger partial charge in [0.05, 0.1) is 23.7 Å². The minimum Gasteiger partial charge on any atom is -0.318 e. The van der Waals surface area contributed by atoms with Crippen LogP contribution >= 0.6 is 0 Å². The summed E-state index contributed by atoms with van der Waals surface area (Å²) in [6, 6.07) is 0.158. The van der Waals surface area contributed by atoms with Crippen molar-refractivity contribution in [3.05, 3.63) is 23.3 Å². The van der Waals surface area contributed by atoms with E-state index in [1.807, 2.05) is 11.5 Å². The number of unbranched alkanes of at least 4 members (excludes halogenated alkanes) is 1. The third kappa shape index (κ3) is 4.26. The summed E-state index contributed by atoms with van der Waals surface area (Å²) < 4.78 is 32.9. The third-order valence-electron chi connectivity index (χ3n) is 6.33. The van der Waals surface area contributed by atoms with E-state index in [2.05, 4.69) is 27.1 Å². The molecule has 0 spiro atoms. The highest BCUT2D eigenvalue weighted by Gasteiger charge is 2.33. The molecule has 2 fully saturated rings. The van der Waals surface area contributed by atoms with Crippen LogP contribution in [0.5, 0.6) is 0 Å². The Morgan fingerprint density at radius 3 is 2.69 bits per heavy atom. The van der Waals surface area contributed by atoms with Gasteiger partial charge < -0.3 is 4.57 Å². The van der Waals surface area contributed by atoms with Gasteiger partial charge in [-0.15, -0.1) is 0 Å². The molecular formula is C20H31N5O3S. The lowest BCUT2D eigenvalue weighted by Crippen LogP contribution is -2.27. The summed E-state index contributed by atoms with van der Waals surface area (Å²) in [5.74, 6) is 0.525. The zero-order valence-electron chi connectivity index (χ0n) is 17.4. The van der Waals surface area contributed by atoms with Crippen LogP contribution in [0.1, 0.15) is 75.0 Å². The number of hydrogen-bond acceptors (Lipinski definition) is 7. The molecule has 0 bridgehead atoms. The lowest BCUT2D eigenvalue weighted by atomic mass is 9.87. The van der Waals surface area contributed by atoms with Gasteiger partial charge in [0.15, 0.2) is 0 Å². The number of sulfone groups is 1. The Hall–Kier alpha value is -1.74. The molecular weight excluding hydrogens is 390 g/mol. The van der Waals surface area contributed by atoms with Crippen LogP contribution in [0.4, 0.5) is 0 Å². The number of imidazole rings is 1. The molecule has 0 N–H and O–H groups in total. The molecule has 0 aromatic carbocycles. The molecule has 8 nitrogen and oxygen atoms in total. The number of hydrogen-bond donors (Lipinski definition) is 0. The smallest absolute Gasteiger partial charge is 0.227 e. The standard InChI is InChI=1S/C20H31N5O3S/c1-3-4-11-25-17(12-21-20(25)29(26,27)14-16-7-5-8-16)13-24-10-6-9-18(24)19-15(2)22-28-23-19/h12,16,18H,3-11,13-14H2,1-2H3/t18-/m0/s1. The zero-order valence-corrected chi connectivity index (χ0v) is 18.2. The van der Waals surface area contributed by atoms with Crippen LogP contribution in [-0.4, -0.2) is 45.5 Å². The third-order valence-corrected chi connectivity index (χ3v) is 8.12. The number of likely N-dealkylation sites (tertiary alicyclic amines) is 1. The molecule has 0 amide bonds. The Kier molecular flexibility index (Phi) is 6.06. The summed E-state index contributed by atoms with van der Waals surface area (Å²) >= 11 is 0. The van der Waals surface area contributed by atoms with E-state index in [1.165, 1.54) is 0 Å². The van der Waals surface area contributed by atoms with E-state index in [0.717, 1.165) is 68.6 Å². The molecule has 1 aliphatic heterocycles. The van der Waals surface area contributed by atoms with Crippen molar-refractivity contribution in [3.63, 3.8) is 0 Å². The molecule has 1 aliphatic carbocycles. The van der Waals surface area contributed by atoms with Gasteiger partial charge in [0, 0.05) is 13.1 Å². The maximum atomic E-state index is 13.0. The van der Waals surface area contributed by atoms with E-state index in [1.54, 1.807) is 6.20 Å². The van der Waals surface area contributed by atoms with Crippen molar-refractivity contribution in [2.45, 2.75) is 83.1 Å². The normalized spacial score (nSPS) is 21.0. The molecule has 2 aromatic heterocycles. The Bertz CT molecular complexity index is 932. The quantitative estimate of drug-likeness (QED) is 0.613. The molecule has 29 heavy (non-hydrogen) atoms. The van der Waals surface area contributed by atoms with E-state index in [-0.39, 0.29) is 17.0 Å². The second kappa shape index (κ2) is 8.55. The first-order valence-electron chi connectivity index (χ1n) is 10.8. The SMILES string of the molecule is CCCCn1c(CN2CCC[C@H]2c2nonc2C)cnc1S(=O)(=O)CC1CCC1. The van der Waals surface area contributed by atoms with Gasteiger partial charge in [0.25, 0.3) is 0 Å². The average molecular weight is 422 g/mol. The first kappa shape index (κ1) is 20.5. The summed E-state index contributed by atoms with van der Waals surface area (Å²) in [5, 5.41) is 8.29. The minimum atomic E-state index is -3.36. The van der Waals surface area contributed by atoms with Gasteiger partial charge in [-0.05, 0) is 51.5 Å². The fourth-order valence-electron chi connectivity index (χ4n) is 4.44. The van der Waals surface area contributed by atoms with Crippen LogP contribution in [0, 0.1) is 12.8 Å². The van der Waals surface area contributed by atoms with Crippen molar-refractivity contribution in [3.8, 4) is 0 Å². The molecule has 3 heterocycles. The Labute approximate surface area is 172 Å². The van der Waals surface area contributed by atoms with Gasteiger partial charge in [-0.25, -0.2) is 18.0 Å². The van der Waals surface area contributed by atoms with Crippen LogP contribution in [0.2, 0.25) is 0 Å². The molecule has 2 aliphatic rings. The monoisotopic (exact) mass is 421 g/mol. The van der Waals surface area contributed by atoms with Crippen LogP contribution < -0.4 is 0 Å². The topological polar surface area (TPSA) is 94.1 Å². The molecule has 1 saturated carbocycles. The summed E-state index contributed by atoms with van der Waals surface area (Å²) in [6.07, 6.45) is 8.96. The Morgan fingerprint density at radius 1 is 1.21 bits per heavy atom. The number of aromatic nitrogens is 4. The molecule has 0 radical (unpaired) electrons. The van der Waals surface area contributed by atoms with E-state index in [4.69, 9.17) is 4.63 Å². The molecule has 0 unspecified atom stereocenters. The van der Waals surface area contributed by atoms with Crippen molar-refractivity contribution in [1.82, 2.24) is 24.8 Å². The summed E-state index contributed by atoms with van der Waals surface area (Å²) in [5.41, 5.74) is 2.68. The van der Waals surface area contributed by atoms with Gasteiger partial charge >= 0.3 is 0 Å². The highest BCUT2D eigenvalue weighted by molar-refractivity contribution is 7.91. The van der Waals surface area contributed by atoms with E-state index >= 15 is 0 Å². The first-order valence-corrected chi connectivity index (χ1v) is 12.4. The molecule has 160 valence electrons. The van der Waals surface area contributed by atoms with E-state index < -0.39 is 9.84 Å². The summed E-state index contributed by atoms with van der Waals surface area (Å²) in [6.45, 7) is 6.33. The first-order chi connectivity index (χ1) is 14.0. The number of aryl methyl sites for hydroxylation is 1. The fourth-order valence-corrected chi connectivity index (χ4v) is 6.30. The zero-order chi connectivity index (χ0) is 20.4. The number of rotatable bonds is 9. The van der Waals surface area contributed by atoms with Gasteiger partial charge in [-0.2, -0.15) is 0 Å². The second-order valence-corrected chi connectivity index (χ2v) is 10.4. The number of nitrogens with zero attached hydrogens (tertiary/aromatic N) is 5. The van der Waals surface area contributed by atoms with Crippen LogP contribution in [0.15, 0.2) is 16.0 Å². The summed E-state index contributed by atoms with van der Waals surface area (Å²) in [4.78, 5) is 6.74. The molecule has 4 rings (SSSR count). The molecule has 1 atom stereocenters. The van der Waals surface area contributed by atoms with Crippen molar-refractivity contribution in [2.75, 3.05) is 12.3 Å². The van der Waals surface area contributed by atoms with Crippen LogP contribution in [0.25, 0.3) is 0 Å². The van der Waals surface area contributed by atoms with Crippen LogP contribution in [0.3, 0.4) is 0 Å². The van der Waals surface area contributed by atoms with Crippen molar-refractivity contribution in [2.24, 2.45) is 5.92 Å². The molecule has 2 aromatic rings. The molecule has 1 saturated heterocycles. The lowest BCUT2D eigenvalue weighted by Gasteiger charge is -2.25. The second-order valence-electron chi connectivity index (χ2n) is 8.48. The van der Waals surface area contributed by atoms with Gasteiger partial charge in [0.1, 0.15) is 11.4 Å². The highest BCUT2D eigenvalue weighted by atomic mass is 32.2. The minimum absolute atomic E-state index is 0.158. The maximum Gasteiger partial charge on any atom is 0.227 e. The van der Waals surface area contributed by atoms with Gasteiger partial charge in [-0.1, -0.05) is 30.1 Å².